The number of methoxy groups -OCH3 is 1. The molecule has 6 rings (SSSR count). The molecule has 4 heterocycles. The number of thiophene rings is 2. The van der Waals surface area contributed by atoms with Gasteiger partial charge in [-0.15, -0.1) is 28.4 Å². The molecular weight excluding hydrogens is 580 g/mol. The van der Waals surface area contributed by atoms with Gasteiger partial charge in [-0.25, -0.2) is 0 Å². The third-order valence-corrected chi connectivity index (χ3v) is 9.10. The van der Waals surface area contributed by atoms with Crippen molar-refractivity contribution in [2.45, 2.75) is 0 Å². The van der Waals surface area contributed by atoms with E-state index in [1.54, 1.807) is 41.9 Å². The van der Waals surface area contributed by atoms with E-state index in [0.717, 1.165) is 42.1 Å². The fourth-order valence-corrected chi connectivity index (χ4v) is 7.09. The Labute approximate surface area is 252 Å². The summed E-state index contributed by atoms with van der Waals surface area (Å²) in [5, 5.41) is 11.7. The zero-order chi connectivity index (χ0) is 28.7. The Hall–Kier alpha value is -3.48. The molecule has 4 aromatic rings. The monoisotopic (exact) mass is 611 g/mol. The van der Waals surface area contributed by atoms with E-state index >= 15 is 0 Å². The van der Waals surface area contributed by atoms with E-state index in [9.17, 15) is 5.11 Å². The molecule has 0 spiro atoms. The molecule has 0 N–H and O–H groups in total. The van der Waals surface area contributed by atoms with Gasteiger partial charge in [-0.05, 0) is 35.4 Å². The molecule has 0 radical (unpaired) electrons. The molecule has 0 atom stereocenters. The first-order valence-corrected chi connectivity index (χ1v) is 15.4. The summed E-state index contributed by atoms with van der Waals surface area (Å²) < 4.78 is 46.3. The average Bonchev–Trinajstić information content (AvgIpc) is 3.60. The van der Waals surface area contributed by atoms with E-state index in [1.807, 2.05) is 36.4 Å². The van der Waals surface area contributed by atoms with Crippen molar-refractivity contribution in [1.29, 1.82) is 0 Å². The molecule has 11 heteroatoms. The van der Waals surface area contributed by atoms with Crippen molar-refractivity contribution in [1.82, 2.24) is 0 Å². The lowest BCUT2D eigenvalue weighted by atomic mass is 10.1. The minimum Gasteiger partial charge on any atom is -0.872 e. The van der Waals surface area contributed by atoms with Crippen molar-refractivity contribution in [3.8, 4) is 65.1 Å². The molecule has 0 aliphatic carbocycles. The van der Waals surface area contributed by atoms with Gasteiger partial charge >= 0.3 is 0 Å². The van der Waals surface area contributed by atoms with Gasteiger partial charge in [0.05, 0.1) is 52.5 Å². The van der Waals surface area contributed by atoms with Crippen LogP contribution in [0, 0.1) is 0 Å². The van der Waals surface area contributed by atoms with Gasteiger partial charge < -0.3 is 43.0 Å². The molecule has 2 aromatic heterocycles. The normalized spacial score (nSPS) is 13.7. The zero-order valence-corrected chi connectivity index (χ0v) is 24.8. The molecule has 0 saturated heterocycles. The van der Waals surface area contributed by atoms with Gasteiger partial charge in [-0.2, -0.15) is 0 Å². The Morgan fingerprint density at radius 1 is 0.571 bits per heavy atom. The summed E-state index contributed by atoms with van der Waals surface area (Å²) in [7, 11) is 1.65. The number of hydrogen-bond donors (Lipinski definition) is 0. The quantitative estimate of drug-likeness (QED) is 0.182. The molecule has 0 unspecified atom stereocenters. The Morgan fingerprint density at radius 3 is 1.50 bits per heavy atom. The molecule has 0 saturated carbocycles. The van der Waals surface area contributed by atoms with E-state index in [4.69, 9.17) is 37.9 Å². The van der Waals surface area contributed by atoms with Gasteiger partial charge in [0.2, 0.25) is 0 Å². The second kappa shape index (κ2) is 13.7. The molecule has 42 heavy (non-hydrogen) atoms. The van der Waals surface area contributed by atoms with Gasteiger partial charge in [0, 0.05) is 7.11 Å². The third kappa shape index (κ3) is 6.30. The smallest absolute Gasteiger partial charge is 0.181 e. The fraction of sp³-hybridized carbons (Fsp3) is 0.355. The first kappa shape index (κ1) is 28.6. The third-order valence-electron chi connectivity index (χ3n) is 6.54. The van der Waals surface area contributed by atoms with E-state index in [-0.39, 0.29) is 5.75 Å². The van der Waals surface area contributed by atoms with Crippen molar-refractivity contribution >= 4 is 22.7 Å². The molecule has 0 fully saturated rings. The van der Waals surface area contributed by atoms with Crippen LogP contribution in [-0.4, -0.2) is 73.2 Å². The van der Waals surface area contributed by atoms with Gasteiger partial charge in [0.25, 0.3) is 0 Å². The van der Waals surface area contributed by atoms with Gasteiger partial charge in [-0.1, -0.05) is 24.3 Å². The number of ether oxygens (including phenoxy) is 8. The summed E-state index contributed by atoms with van der Waals surface area (Å²) in [5.74, 6) is 3.56. The van der Waals surface area contributed by atoms with Crippen molar-refractivity contribution in [2.75, 3.05) is 73.2 Å². The standard InChI is InChI=1S/C31H32O9S2/c1-33-10-11-34-12-13-35-14-15-36-23-8-4-21(5-9-23)29-25-27(40-19-17-38-25)31(42-29)30-26-24(37-16-18-39-26)28(41-30)20-2-6-22(32)7-3-20/h2-9,32H,10-19H2,1H3/p-1. The van der Waals surface area contributed by atoms with Crippen molar-refractivity contribution in [3.63, 3.8) is 0 Å². The highest BCUT2D eigenvalue weighted by Gasteiger charge is 2.33. The minimum atomic E-state index is -0.0339. The number of fused-ring (bicyclic) bond motifs is 2. The largest absolute Gasteiger partial charge is 0.872 e. The molecule has 0 bridgehead atoms. The van der Waals surface area contributed by atoms with E-state index in [1.165, 1.54) is 0 Å². The van der Waals surface area contributed by atoms with Gasteiger partial charge in [0.1, 0.15) is 38.8 Å². The van der Waals surface area contributed by atoms with Gasteiger partial charge in [-0.3, -0.25) is 0 Å². The molecule has 0 amide bonds. The predicted octanol–water partition coefficient (Wildman–Crippen LogP) is 5.49. The summed E-state index contributed by atoms with van der Waals surface area (Å²) >= 11 is 3.17. The Morgan fingerprint density at radius 2 is 1.00 bits per heavy atom. The van der Waals surface area contributed by atoms with E-state index < -0.39 is 0 Å². The molecular formula is C31H31O9S2-. The van der Waals surface area contributed by atoms with Crippen LogP contribution in [0.25, 0.3) is 30.6 Å². The van der Waals surface area contributed by atoms with E-state index in [2.05, 4.69) is 0 Å². The lowest BCUT2D eigenvalue weighted by Gasteiger charge is -2.19. The Kier molecular flexibility index (Phi) is 9.31. The summed E-state index contributed by atoms with van der Waals surface area (Å²) in [6, 6.07) is 14.7. The van der Waals surface area contributed by atoms with Crippen LogP contribution in [0.15, 0.2) is 48.5 Å². The average molecular weight is 612 g/mol. The summed E-state index contributed by atoms with van der Waals surface area (Å²) in [4.78, 5) is 3.75. The number of hydrogen-bond acceptors (Lipinski definition) is 11. The predicted molar refractivity (Wildman–Crippen MR) is 159 cm³/mol. The Bertz CT molecular complexity index is 1460. The first-order chi connectivity index (χ1) is 20.7. The highest BCUT2D eigenvalue weighted by atomic mass is 32.1. The van der Waals surface area contributed by atoms with Crippen LogP contribution >= 0.6 is 22.7 Å². The fourth-order valence-electron chi connectivity index (χ4n) is 4.57. The lowest BCUT2D eigenvalue weighted by molar-refractivity contribution is -0.268. The van der Waals surface area contributed by atoms with Crippen molar-refractivity contribution in [2.24, 2.45) is 0 Å². The van der Waals surface area contributed by atoms with Crippen LogP contribution in [0.2, 0.25) is 0 Å². The summed E-state index contributed by atoms with van der Waals surface area (Å²) in [6.45, 7) is 4.96. The van der Waals surface area contributed by atoms with Crippen LogP contribution in [-0.2, 0) is 14.2 Å². The van der Waals surface area contributed by atoms with Crippen molar-refractivity contribution in [3.05, 3.63) is 48.5 Å². The minimum absolute atomic E-state index is 0.0339. The molecule has 222 valence electrons. The Balaban J connectivity index is 1.20. The van der Waals surface area contributed by atoms with Gasteiger partial charge in [0.15, 0.2) is 23.0 Å². The maximum Gasteiger partial charge on any atom is 0.181 e. The molecule has 2 aromatic carbocycles. The van der Waals surface area contributed by atoms with Crippen molar-refractivity contribution < 1.29 is 43.0 Å². The van der Waals surface area contributed by atoms with E-state index in [0.29, 0.717) is 83.3 Å². The summed E-state index contributed by atoms with van der Waals surface area (Å²) in [5.41, 5.74) is 1.91. The molecule has 9 nitrogen and oxygen atoms in total. The number of rotatable bonds is 13. The maximum atomic E-state index is 11.7. The topological polar surface area (TPSA) is 96.9 Å². The van der Waals surface area contributed by atoms with Crippen LogP contribution in [0.1, 0.15) is 0 Å². The second-order valence-corrected chi connectivity index (χ2v) is 11.4. The van der Waals surface area contributed by atoms with Crippen LogP contribution in [0.4, 0.5) is 0 Å². The van der Waals surface area contributed by atoms with Crippen LogP contribution < -0.4 is 28.8 Å². The molecule has 2 aliphatic heterocycles. The first-order valence-electron chi connectivity index (χ1n) is 13.7. The highest BCUT2D eigenvalue weighted by molar-refractivity contribution is 7.26. The van der Waals surface area contributed by atoms with Crippen LogP contribution in [0.5, 0.6) is 34.5 Å². The zero-order valence-electron chi connectivity index (χ0n) is 23.2. The second-order valence-electron chi connectivity index (χ2n) is 9.35. The summed E-state index contributed by atoms with van der Waals surface area (Å²) in [6.07, 6.45) is 0. The lowest BCUT2D eigenvalue weighted by Crippen LogP contribution is -2.15. The molecule has 2 aliphatic rings. The number of benzene rings is 2. The van der Waals surface area contributed by atoms with Crippen LogP contribution in [0.3, 0.4) is 0 Å². The SMILES string of the molecule is COCCOCCOCCOc1ccc(-c2sc(-c3sc(-c4ccc([O-])cc4)c4c3OCCO4)c3c2OCCO3)cc1. The maximum absolute atomic E-state index is 11.7. The highest BCUT2D eigenvalue weighted by Crippen LogP contribution is 2.61.